The summed E-state index contributed by atoms with van der Waals surface area (Å²) in [5.41, 5.74) is 1.56. The molecule has 4 aromatic heterocycles. The quantitative estimate of drug-likeness (QED) is 0.571. The van der Waals surface area contributed by atoms with E-state index in [9.17, 15) is 13.9 Å². The van der Waals surface area contributed by atoms with Crippen molar-refractivity contribution in [3.8, 4) is 11.3 Å². The van der Waals surface area contributed by atoms with Crippen LogP contribution in [0.2, 0.25) is 0 Å². The molecule has 0 bridgehead atoms. The predicted octanol–water partition coefficient (Wildman–Crippen LogP) is 3.85. The molecule has 0 amide bonds. The van der Waals surface area contributed by atoms with Crippen molar-refractivity contribution < 1.29 is 13.9 Å². The van der Waals surface area contributed by atoms with Gasteiger partial charge in [-0.1, -0.05) is 0 Å². The van der Waals surface area contributed by atoms with Crippen molar-refractivity contribution in [3.63, 3.8) is 0 Å². The Morgan fingerprint density at radius 3 is 2.80 bits per heavy atom. The molecular formula is C17H12F2N4OS. The molecule has 126 valence electrons. The predicted molar refractivity (Wildman–Crippen MR) is 90.6 cm³/mol. The fourth-order valence-electron chi connectivity index (χ4n) is 3.25. The molecule has 5 nitrogen and oxygen atoms in total. The highest BCUT2D eigenvalue weighted by Crippen LogP contribution is 2.53. The van der Waals surface area contributed by atoms with Gasteiger partial charge in [-0.25, -0.2) is 23.7 Å². The van der Waals surface area contributed by atoms with Crippen molar-refractivity contribution in [3.05, 3.63) is 41.7 Å². The van der Waals surface area contributed by atoms with Gasteiger partial charge in [-0.15, -0.1) is 11.3 Å². The van der Waals surface area contributed by atoms with Crippen LogP contribution in [0.4, 0.5) is 8.78 Å². The number of hydrogen-bond donors (Lipinski definition) is 2. The Hall–Kier alpha value is -2.45. The number of alkyl halides is 2. The molecule has 0 atom stereocenters. The second kappa shape index (κ2) is 4.80. The van der Waals surface area contributed by atoms with E-state index < -0.39 is 24.4 Å². The summed E-state index contributed by atoms with van der Waals surface area (Å²) in [7, 11) is 0. The molecule has 8 heteroatoms. The van der Waals surface area contributed by atoms with Crippen LogP contribution in [0, 0.1) is 0 Å². The third-order valence-corrected chi connectivity index (χ3v) is 5.75. The maximum Gasteiger partial charge on any atom is 0.254 e. The Morgan fingerprint density at radius 1 is 1.16 bits per heavy atom. The highest BCUT2D eigenvalue weighted by Gasteiger charge is 2.57. The SMILES string of the molecule is OC1(c2cc3ccc(-c4cnc5[nH]cnc5c4)nc3s2)CC(F)(F)C1. The van der Waals surface area contributed by atoms with Gasteiger partial charge < -0.3 is 10.1 Å². The summed E-state index contributed by atoms with van der Waals surface area (Å²) in [5.74, 6) is -2.78. The maximum atomic E-state index is 13.2. The fourth-order valence-corrected chi connectivity index (χ4v) is 4.37. The number of aromatic nitrogens is 4. The second-order valence-electron chi connectivity index (χ2n) is 6.44. The first-order valence-electron chi connectivity index (χ1n) is 7.73. The molecule has 1 aliphatic carbocycles. The van der Waals surface area contributed by atoms with Crippen LogP contribution in [0.5, 0.6) is 0 Å². The summed E-state index contributed by atoms with van der Waals surface area (Å²) < 4.78 is 26.3. The standard InChI is InChI=1S/C17H12F2N4OS/c18-17(19)6-16(24,7-17)13-4-9-1-2-11(23-15(9)25-13)10-3-12-14(20-5-10)22-8-21-12/h1-5,8,24H,6-7H2,(H,20,21,22). The Bertz CT molecular complexity index is 1110. The molecule has 4 heterocycles. The van der Waals surface area contributed by atoms with E-state index in [0.717, 1.165) is 22.2 Å². The van der Waals surface area contributed by atoms with Crippen molar-refractivity contribution in [2.75, 3.05) is 0 Å². The van der Waals surface area contributed by atoms with Gasteiger partial charge >= 0.3 is 0 Å². The number of fused-ring (bicyclic) bond motifs is 2. The number of aliphatic hydroxyl groups is 1. The van der Waals surface area contributed by atoms with Crippen LogP contribution in [0.3, 0.4) is 0 Å². The normalized spacial score (nSPS) is 18.5. The molecule has 1 aliphatic rings. The fraction of sp³-hybridized carbons (Fsp3) is 0.235. The molecule has 0 radical (unpaired) electrons. The van der Waals surface area contributed by atoms with Crippen LogP contribution in [-0.4, -0.2) is 31.0 Å². The van der Waals surface area contributed by atoms with Gasteiger partial charge in [-0.3, -0.25) is 0 Å². The lowest BCUT2D eigenvalue weighted by Crippen LogP contribution is -2.48. The first kappa shape index (κ1) is 14.9. The highest BCUT2D eigenvalue weighted by atomic mass is 32.1. The molecule has 0 unspecified atom stereocenters. The number of halogens is 2. The minimum absolute atomic E-state index is 0.528. The van der Waals surface area contributed by atoms with Gasteiger partial charge in [0.25, 0.3) is 5.92 Å². The van der Waals surface area contributed by atoms with E-state index in [1.807, 2.05) is 18.2 Å². The minimum atomic E-state index is -2.78. The number of pyridine rings is 2. The molecule has 1 fully saturated rings. The summed E-state index contributed by atoms with van der Waals surface area (Å²) in [4.78, 5) is 17.3. The number of rotatable bonds is 2. The first-order valence-corrected chi connectivity index (χ1v) is 8.54. The summed E-state index contributed by atoms with van der Waals surface area (Å²) >= 11 is 1.26. The maximum absolute atomic E-state index is 13.2. The summed E-state index contributed by atoms with van der Waals surface area (Å²) in [6, 6.07) is 7.38. The number of H-pyrrole nitrogens is 1. The van der Waals surface area contributed by atoms with Crippen LogP contribution in [0.25, 0.3) is 32.6 Å². The van der Waals surface area contributed by atoms with E-state index in [1.54, 1.807) is 18.6 Å². The number of hydrogen-bond acceptors (Lipinski definition) is 5. The molecular weight excluding hydrogens is 346 g/mol. The number of aromatic amines is 1. The third kappa shape index (κ3) is 2.32. The number of thiophene rings is 1. The molecule has 25 heavy (non-hydrogen) atoms. The molecule has 0 aromatic carbocycles. The Balaban J connectivity index is 1.55. The first-order chi connectivity index (χ1) is 11.9. The molecule has 0 aliphatic heterocycles. The molecule has 0 spiro atoms. The summed E-state index contributed by atoms with van der Waals surface area (Å²) in [6.07, 6.45) is 2.24. The second-order valence-corrected chi connectivity index (χ2v) is 7.47. The van der Waals surface area contributed by atoms with Crippen molar-refractivity contribution >= 4 is 32.7 Å². The van der Waals surface area contributed by atoms with E-state index in [4.69, 9.17) is 0 Å². The van der Waals surface area contributed by atoms with Gasteiger partial charge in [0.2, 0.25) is 0 Å². The third-order valence-electron chi connectivity index (χ3n) is 4.51. The van der Waals surface area contributed by atoms with Gasteiger partial charge in [-0.05, 0) is 24.3 Å². The largest absolute Gasteiger partial charge is 0.384 e. The lowest BCUT2D eigenvalue weighted by Gasteiger charge is -2.42. The van der Waals surface area contributed by atoms with Crippen LogP contribution < -0.4 is 0 Å². The average Bonchev–Trinajstić information content (AvgIpc) is 3.18. The molecule has 2 N–H and O–H groups in total. The van der Waals surface area contributed by atoms with Gasteiger partial charge in [-0.2, -0.15) is 0 Å². The van der Waals surface area contributed by atoms with E-state index >= 15 is 0 Å². The van der Waals surface area contributed by atoms with Crippen molar-refractivity contribution in [1.82, 2.24) is 19.9 Å². The number of nitrogens with zero attached hydrogens (tertiary/aromatic N) is 3. The van der Waals surface area contributed by atoms with Gasteiger partial charge in [0.1, 0.15) is 15.9 Å². The zero-order chi connectivity index (χ0) is 17.2. The Kier molecular flexibility index (Phi) is 2.85. The lowest BCUT2D eigenvalue weighted by atomic mass is 9.75. The van der Waals surface area contributed by atoms with Crippen molar-refractivity contribution in [2.45, 2.75) is 24.4 Å². The van der Waals surface area contributed by atoms with E-state index in [0.29, 0.717) is 15.4 Å². The van der Waals surface area contributed by atoms with Crippen molar-refractivity contribution in [2.24, 2.45) is 0 Å². The number of nitrogens with one attached hydrogen (secondary N) is 1. The van der Waals surface area contributed by atoms with E-state index in [1.165, 1.54) is 11.3 Å². The van der Waals surface area contributed by atoms with Crippen LogP contribution in [0.1, 0.15) is 17.7 Å². The smallest absolute Gasteiger partial charge is 0.254 e. The van der Waals surface area contributed by atoms with Crippen molar-refractivity contribution in [1.29, 1.82) is 0 Å². The zero-order valence-corrected chi connectivity index (χ0v) is 13.6. The van der Waals surface area contributed by atoms with Gasteiger partial charge in [0.05, 0.1) is 12.0 Å². The topological polar surface area (TPSA) is 74.7 Å². The summed E-state index contributed by atoms with van der Waals surface area (Å²) in [6.45, 7) is 0. The monoisotopic (exact) mass is 358 g/mol. The Morgan fingerprint density at radius 2 is 2.00 bits per heavy atom. The lowest BCUT2D eigenvalue weighted by molar-refractivity contribution is -0.208. The number of imidazole rings is 1. The molecule has 5 rings (SSSR count). The Labute approximate surface area is 144 Å². The van der Waals surface area contributed by atoms with Gasteiger partial charge in [0.15, 0.2) is 5.65 Å². The zero-order valence-electron chi connectivity index (χ0n) is 12.8. The molecule has 4 aromatic rings. The molecule has 1 saturated carbocycles. The summed E-state index contributed by atoms with van der Waals surface area (Å²) in [5, 5.41) is 11.2. The average molecular weight is 358 g/mol. The minimum Gasteiger partial charge on any atom is -0.384 e. The highest BCUT2D eigenvalue weighted by molar-refractivity contribution is 7.18. The van der Waals surface area contributed by atoms with Crippen LogP contribution in [-0.2, 0) is 5.60 Å². The van der Waals surface area contributed by atoms with Crippen LogP contribution >= 0.6 is 11.3 Å². The van der Waals surface area contributed by atoms with Gasteiger partial charge in [0, 0.05) is 34.9 Å². The van der Waals surface area contributed by atoms with Crippen LogP contribution in [0.15, 0.2) is 36.8 Å². The van der Waals surface area contributed by atoms with E-state index in [-0.39, 0.29) is 0 Å². The van der Waals surface area contributed by atoms with E-state index in [2.05, 4.69) is 19.9 Å². The molecule has 0 saturated heterocycles.